The molecule has 6 nitrogen and oxygen atoms in total. The molecule has 2 heterocycles. The Hall–Kier alpha value is -2.41. The third-order valence-corrected chi connectivity index (χ3v) is 6.90. The number of carbonyl (C=O) groups is 2. The number of amides is 2. The van der Waals surface area contributed by atoms with Crippen LogP contribution < -0.4 is 5.32 Å². The molecule has 0 spiro atoms. The Morgan fingerprint density at radius 2 is 1.93 bits per heavy atom. The molecule has 2 aliphatic rings. The van der Waals surface area contributed by atoms with Crippen LogP contribution >= 0.6 is 11.3 Å². The Bertz CT molecular complexity index is 844. The molecule has 1 unspecified atom stereocenters. The first-order valence-corrected chi connectivity index (χ1v) is 10.7. The molecule has 4 rings (SSSR count). The van der Waals surface area contributed by atoms with Crippen LogP contribution in [0.1, 0.15) is 46.3 Å². The molecule has 2 amide bonds. The molecular formula is C21H25N3O3S. The van der Waals surface area contributed by atoms with Crippen molar-refractivity contribution in [1.82, 2.24) is 15.2 Å². The van der Waals surface area contributed by atoms with Crippen molar-refractivity contribution in [2.24, 2.45) is 5.92 Å². The van der Waals surface area contributed by atoms with Gasteiger partial charge in [0.05, 0.1) is 18.2 Å². The van der Waals surface area contributed by atoms with E-state index >= 15 is 0 Å². The average Bonchev–Trinajstić information content (AvgIpc) is 3.15. The number of carboxylic acid groups (broad SMARTS) is 1. The van der Waals surface area contributed by atoms with Crippen LogP contribution in [0.3, 0.4) is 0 Å². The van der Waals surface area contributed by atoms with Crippen LogP contribution in [0.15, 0.2) is 30.3 Å². The number of nitrogens with one attached hydrogen (secondary N) is 1. The Morgan fingerprint density at radius 1 is 1.18 bits per heavy atom. The van der Waals surface area contributed by atoms with Crippen molar-refractivity contribution in [3.63, 3.8) is 0 Å². The minimum atomic E-state index is -0.762. The van der Waals surface area contributed by atoms with Gasteiger partial charge in [-0.1, -0.05) is 30.3 Å². The lowest BCUT2D eigenvalue weighted by Crippen LogP contribution is -2.45. The van der Waals surface area contributed by atoms with Gasteiger partial charge >= 0.3 is 12.0 Å². The lowest BCUT2D eigenvalue weighted by atomic mass is 9.85. The lowest BCUT2D eigenvalue weighted by molar-refractivity contribution is -0.143. The number of urea groups is 1. The summed E-state index contributed by atoms with van der Waals surface area (Å²) in [5.41, 5.74) is 2.57. The molecule has 1 atom stereocenters. The van der Waals surface area contributed by atoms with Crippen LogP contribution in [-0.2, 0) is 24.2 Å². The van der Waals surface area contributed by atoms with Gasteiger partial charge in [-0.2, -0.15) is 0 Å². The number of aryl methyl sites for hydroxylation is 1. The number of carboxylic acids is 1. The van der Waals surface area contributed by atoms with Crippen molar-refractivity contribution in [3.05, 3.63) is 51.5 Å². The van der Waals surface area contributed by atoms with Crippen LogP contribution in [0.25, 0.3) is 0 Å². The summed E-state index contributed by atoms with van der Waals surface area (Å²) in [6.45, 7) is 1.43. The minimum Gasteiger partial charge on any atom is -0.481 e. The number of thiazole rings is 1. The quantitative estimate of drug-likeness (QED) is 0.825. The Kier molecular flexibility index (Phi) is 5.62. The van der Waals surface area contributed by atoms with Crippen molar-refractivity contribution < 1.29 is 14.7 Å². The summed E-state index contributed by atoms with van der Waals surface area (Å²) in [6, 6.07) is 10.5. The van der Waals surface area contributed by atoms with E-state index in [1.807, 2.05) is 0 Å². The summed E-state index contributed by atoms with van der Waals surface area (Å²) < 4.78 is 0. The average molecular weight is 400 g/mol. The molecule has 1 saturated heterocycles. The monoisotopic (exact) mass is 399 g/mol. The number of aromatic nitrogens is 1. The summed E-state index contributed by atoms with van der Waals surface area (Å²) in [5, 5.41) is 13.0. The molecule has 1 aliphatic carbocycles. The number of benzene rings is 1. The van der Waals surface area contributed by atoms with Gasteiger partial charge in [-0.15, -0.1) is 11.3 Å². The molecule has 0 saturated carbocycles. The normalized spacial score (nSPS) is 19.9. The van der Waals surface area contributed by atoms with Crippen molar-refractivity contribution in [1.29, 1.82) is 0 Å². The molecule has 7 heteroatoms. The van der Waals surface area contributed by atoms with Gasteiger partial charge in [-0.3, -0.25) is 4.79 Å². The largest absolute Gasteiger partial charge is 0.481 e. The van der Waals surface area contributed by atoms with Crippen molar-refractivity contribution >= 4 is 23.3 Å². The fraction of sp³-hybridized carbons (Fsp3) is 0.476. The first kappa shape index (κ1) is 18.9. The summed E-state index contributed by atoms with van der Waals surface area (Å²) >= 11 is 1.70. The molecule has 28 heavy (non-hydrogen) atoms. The van der Waals surface area contributed by atoms with Gasteiger partial charge in [0.25, 0.3) is 0 Å². The maximum Gasteiger partial charge on any atom is 0.317 e. The minimum absolute atomic E-state index is 0.126. The number of aliphatic carboxylic acids is 1. The molecule has 1 aromatic carbocycles. The van der Waals surface area contributed by atoms with Crippen LogP contribution in [0.2, 0.25) is 0 Å². The summed E-state index contributed by atoms with van der Waals surface area (Å²) in [5.74, 6) is -0.540. The molecule has 1 fully saturated rings. The van der Waals surface area contributed by atoms with Crippen molar-refractivity contribution in [3.8, 4) is 0 Å². The van der Waals surface area contributed by atoms with E-state index in [2.05, 4.69) is 35.6 Å². The standard InChI is InChI=1S/C21H25N3O3S/c25-20(26)15-8-10-24(11-9-15)21(27)22-13-19-23-17-7-6-16(12-18(17)28-19)14-4-2-1-3-5-14/h1-5,15-16H,6-13H2,(H,22,27)(H,25,26). The van der Waals surface area contributed by atoms with Crippen LogP contribution in [-0.4, -0.2) is 40.1 Å². The van der Waals surface area contributed by atoms with Gasteiger partial charge in [0.1, 0.15) is 5.01 Å². The second-order valence-electron chi connectivity index (χ2n) is 7.59. The zero-order valence-corrected chi connectivity index (χ0v) is 16.6. The first-order valence-electron chi connectivity index (χ1n) is 9.88. The molecule has 148 valence electrons. The second kappa shape index (κ2) is 8.31. The number of carbonyl (C=O) groups excluding carboxylic acids is 1. The van der Waals surface area contributed by atoms with Gasteiger partial charge in [0.2, 0.25) is 0 Å². The molecule has 1 aliphatic heterocycles. The number of rotatable bonds is 4. The van der Waals surface area contributed by atoms with E-state index < -0.39 is 5.97 Å². The number of nitrogens with zero attached hydrogens (tertiary/aromatic N) is 2. The predicted molar refractivity (Wildman–Crippen MR) is 107 cm³/mol. The zero-order valence-electron chi connectivity index (χ0n) is 15.8. The van der Waals surface area contributed by atoms with Crippen LogP contribution in [0, 0.1) is 5.92 Å². The highest BCUT2D eigenvalue weighted by atomic mass is 32.1. The lowest BCUT2D eigenvalue weighted by Gasteiger charge is -2.30. The van der Waals surface area contributed by atoms with E-state index in [4.69, 9.17) is 10.1 Å². The van der Waals surface area contributed by atoms with Crippen molar-refractivity contribution in [2.75, 3.05) is 13.1 Å². The van der Waals surface area contributed by atoms with Gasteiger partial charge in [-0.05, 0) is 43.6 Å². The van der Waals surface area contributed by atoms with Crippen molar-refractivity contribution in [2.45, 2.75) is 44.6 Å². The van der Waals surface area contributed by atoms with E-state index in [0.29, 0.717) is 38.4 Å². The van der Waals surface area contributed by atoms with E-state index in [1.165, 1.54) is 16.1 Å². The molecule has 2 aromatic rings. The van der Waals surface area contributed by atoms with Crippen LogP contribution in [0.5, 0.6) is 0 Å². The number of fused-ring (bicyclic) bond motifs is 1. The predicted octanol–water partition coefficient (Wildman–Crippen LogP) is 3.42. The van der Waals surface area contributed by atoms with Gasteiger partial charge in [0.15, 0.2) is 0 Å². The van der Waals surface area contributed by atoms with E-state index in [-0.39, 0.29) is 11.9 Å². The number of hydrogen-bond donors (Lipinski definition) is 2. The number of hydrogen-bond acceptors (Lipinski definition) is 4. The van der Waals surface area contributed by atoms with Gasteiger partial charge in [-0.25, -0.2) is 9.78 Å². The maximum atomic E-state index is 12.4. The number of piperidine rings is 1. The summed E-state index contributed by atoms with van der Waals surface area (Å²) in [6.07, 6.45) is 4.17. The molecule has 1 aromatic heterocycles. The van der Waals surface area contributed by atoms with Crippen LogP contribution in [0.4, 0.5) is 4.79 Å². The maximum absolute atomic E-state index is 12.4. The third-order valence-electron chi connectivity index (χ3n) is 5.78. The van der Waals surface area contributed by atoms with E-state index in [9.17, 15) is 9.59 Å². The first-order chi connectivity index (χ1) is 13.6. The SMILES string of the molecule is O=C(O)C1CCN(C(=O)NCc2nc3c(s2)CC(c2ccccc2)CC3)CC1. The fourth-order valence-electron chi connectivity index (χ4n) is 4.11. The number of likely N-dealkylation sites (tertiary alicyclic amines) is 1. The fourth-order valence-corrected chi connectivity index (χ4v) is 5.24. The summed E-state index contributed by atoms with van der Waals surface area (Å²) in [4.78, 5) is 31.2. The van der Waals surface area contributed by atoms with E-state index in [0.717, 1.165) is 24.3 Å². The Labute approximate surface area is 168 Å². The van der Waals surface area contributed by atoms with Gasteiger partial charge < -0.3 is 15.3 Å². The molecule has 0 bridgehead atoms. The van der Waals surface area contributed by atoms with E-state index in [1.54, 1.807) is 16.2 Å². The molecule has 2 N–H and O–H groups in total. The Balaban J connectivity index is 1.31. The molecular weight excluding hydrogens is 374 g/mol. The third kappa shape index (κ3) is 4.19. The highest BCUT2D eigenvalue weighted by Gasteiger charge is 2.27. The smallest absolute Gasteiger partial charge is 0.317 e. The molecule has 0 radical (unpaired) electrons. The highest BCUT2D eigenvalue weighted by Crippen LogP contribution is 2.35. The Morgan fingerprint density at radius 3 is 2.64 bits per heavy atom. The highest BCUT2D eigenvalue weighted by molar-refractivity contribution is 7.11. The topological polar surface area (TPSA) is 82.5 Å². The second-order valence-corrected chi connectivity index (χ2v) is 8.75. The van der Waals surface area contributed by atoms with Gasteiger partial charge in [0, 0.05) is 18.0 Å². The zero-order chi connectivity index (χ0) is 19.5. The summed E-state index contributed by atoms with van der Waals surface area (Å²) in [7, 11) is 0.